The van der Waals surface area contributed by atoms with Crippen molar-refractivity contribution in [2.75, 3.05) is 0 Å². The summed E-state index contributed by atoms with van der Waals surface area (Å²) in [6.45, 7) is 0. The van der Waals surface area contributed by atoms with Gasteiger partial charge in [-0.05, 0) is 33.8 Å². The molecule has 2 aromatic carbocycles. The molecule has 3 N–H and O–H groups in total. The number of fused-ring (bicyclic) bond motifs is 1. The Morgan fingerprint density at radius 3 is 2.58 bits per heavy atom. The Balaban J connectivity index is 1.92. The van der Waals surface area contributed by atoms with Crippen LogP contribution < -0.4 is 11.3 Å². The summed E-state index contributed by atoms with van der Waals surface area (Å²) in [7, 11) is 0. The molecule has 0 radical (unpaired) electrons. The van der Waals surface area contributed by atoms with Gasteiger partial charge in [-0.3, -0.25) is 11.3 Å². The molecule has 0 fully saturated rings. The molecule has 0 saturated carbocycles. The van der Waals surface area contributed by atoms with E-state index in [4.69, 9.17) is 5.84 Å². The Bertz CT molecular complexity index is 661. The third kappa shape index (κ3) is 2.68. The Labute approximate surface area is 116 Å². The van der Waals surface area contributed by atoms with E-state index in [1.807, 2.05) is 0 Å². The molecule has 1 aromatic heterocycles. The predicted octanol–water partition coefficient (Wildman–Crippen LogP) is 3.65. The van der Waals surface area contributed by atoms with Crippen LogP contribution in [-0.4, -0.2) is 0 Å². The second-order valence-electron chi connectivity index (χ2n) is 4.61. The van der Waals surface area contributed by atoms with Gasteiger partial charge in [0.05, 0.1) is 6.04 Å². The van der Waals surface area contributed by atoms with Crippen LogP contribution in [0.1, 0.15) is 16.5 Å². The molecule has 1 atom stereocenters. The summed E-state index contributed by atoms with van der Waals surface area (Å²) in [5, 5.41) is 4.62. The van der Waals surface area contributed by atoms with Crippen LogP contribution in [0.25, 0.3) is 10.8 Å². The second kappa shape index (κ2) is 5.53. The SMILES string of the molecule is NNC(Cc1cccs1)c1ccc2ccccc2c1. The van der Waals surface area contributed by atoms with Crippen LogP contribution in [0, 0.1) is 0 Å². The van der Waals surface area contributed by atoms with Crippen LogP contribution in [0.4, 0.5) is 0 Å². The molecule has 3 aromatic rings. The lowest BCUT2D eigenvalue weighted by molar-refractivity contribution is 0.556. The molecule has 0 aliphatic rings. The van der Waals surface area contributed by atoms with Crippen LogP contribution in [0.15, 0.2) is 60.0 Å². The third-order valence-electron chi connectivity index (χ3n) is 3.36. The molecule has 96 valence electrons. The van der Waals surface area contributed by atoms with Crippen molar-refractivity contribution in [3.8, 4) is 0 Å². The third-order valence-corrected chi connectivity index (χ3v) is 4.26. The number of benzene rings is 2. The summed E-state index contributed by atoms with van der Waals surface area (Å²) in [6.07, 6.45) is 0.923. The zero-order valence-electron chi connectivity index (χ0n) is 10.5. The fraction of sp³-hybridized carbons (Fsp3) is 0.125. The molecule has 19 heavy (non-hydrogen) atoms. The fourth-order valence-corrected chi connectivity index (χ4v) is 3.08. The van der Waals surface area contributed by atoms with Crippen molar-refractivity contribution in [3.05, 3.63) is 70.4 Å². The van der Waals surface area contributed by atoms with Gasteiger partial charge in [-0.1, -0.05) is 42.5 Å². The van der Waals surface area contributed by atoms with Crippen LogP contribution in [0.2, 0.25) is 0 Å². The minimum Gasteiger partial charge on any atom is -0.271 e. The highest BCUT2D eigenvalue weighted by molar-refractivity contribution is 7.09. The summed E-state index contributed by atoms with van der Waals surface area (Å²) >= 11 is 1.77. The van der Waals surface area contributed by atoms with Gasteiger partial charge in [-0.25, -0.2) is 0 Å². The number of hydrogen-bond donors (Lipinski definition) is 2. The molecule has 0 bridgehead atoms. The van der Waals surface area contributed by atoms with Crippen molar-refractivity contribution >= 4 is 22.1 Å². The van der Waals surface area contributed by atoms with Crippen molar-refractivity contribution in [2.24, 2.45) is 5.84 Å². The first-order chi connectivity index (χ1) is 9.36. The first kappa shape index (κ1) is 12.4. The van der Waals surface area contributed by atoms with E-state index in [-0.39, 0.29) is 6.04 Å². The summed E-state index contributed by atoms with van der Waals surface area (Å²) in [6, 6.07) is 19.3. The zero-order chi connectivity index (χ0) is 13.1. The Morgan fingerprint density at radius 1 is 1.00 bits per heavy atom. The summed E-state index contributed by atoms with van der Waals surface area (Å²) in [4.78, 5) is 1.34. The van der Waals surface area contributed by atoms with E-state index in [1.54, 1.807) is 11.3 Å². The van der Waals surface area contributed by atoms with Gasteiger partial charge in [0.1, 0.15) is 0 Å². The lowest BCUT2D eigenvalue weighted by atomic mass is 10.00. The van der Waals surface area contributed by atoms with Crippen molar-refractivity contribution < 1.29 is 0 Å². The molecule has 3 rings (SSSR count). The molecule has 0 aliphatic heterocycles. The highest BCUT2D eigenvalue weighted by atomic mass is 32.1. The smallest absolute Gasteiger partial charge is 0.0508 e. The Kier molecular flexibility index (Phi) is 3.60. The number of hydrogen-bond acceptors (Lipinski definition) is 3. The number of hydrazine groups is 1. The van der Waals surface area contributed by atoms with Gasteiger partial charge in [0.15, 0.2) is 0 Å². The summed E-state index contributed by atoms with van der Waals surface area (Å²) in [5.41, 5.74) is 4.16. The maximum Gasteiger partial charge on any atom is 0.0508 e. The number of nitrogens with two attached hydrogens (primary N) is 1. The van der Waals surface area contributed by atoms with Gasteiger partial charge in [-0.15, -0.1) is 11.3 Å². The zero-order valence-corrected chi connectivity index (χ0v) is 11.4. The predicted molar refractivity (Wildman–Crippen MR) is 82.0 cm³/mol. The van der Waals surface area contributed by atoms with Crippen molar-refractivity contribution in [2.45, 2.75) is 12.5 Å². The van der Waals surface area contributed by atoms with Gasteiger partial charge in [-0.2, -0.15) is 0 Å². The second-order valence-corrected chi connectivity index (χ2v) is 5.64. The van der Waals surface area contributed by atoms with E-state index in [2.05, 4.69) is 65.4 Å². The molecule has 0 aliphatic carbocycles. The molecular formula is C16H16N2S. The van der Waals surface area contributed by atoms with E-state index in [1.165, 1.54) is 21.2 Å². The number of thiophene rings is 1. The molecule has 0 saturated heterocycles. The Hall–Kier alpha value is -1.68. The molecule has 1 unspecified atom stereocenters. The van der Waals surface area contributed by atoms with Crippen molar-refractivity contribution in [1.82, 2.24) is 5.43 Å². The maximum absolute atomic E-state index is 5.72. The largest absolute Gasteiger partial charge is 0.271 e. The normalized spacial score (nSPS) is 12.7. The summed E-state index contributed by atoms with van der Waals surface area (Å²) < 4.78 is 0. The highest BCUT2D eigenvalue weighted by Gasteiger charge is 2.11. The van der Waals surface area contributed by atoms with Gasteiger partial charge in [0.2, 0.25) is 0 Å². The van der Waals surface area contributed by atoms with Crippen molar-refractivity contribution in [1.29, 1.82) is 0 Å². The number of rotatable bonds is 4. The first-order valence-corrected chi connectivity index (χ1v) is 7.22. The standard InChI is InChI=1S/C16H16N2S/c17-18-16(11-15-6-3-9-19-15)14-8-7-12-4-1-2-5-13(12)10-14/h1-10,16,18H,11,17H2. The van der Waals surface area contributed by atoms with Gasteiger partial charge < -0.3 is 0 Å². The summed E-state index contributed by atoms with van der Waals surface area (Å²) in [5.74, 6) is 5.72. The quantitative estimate of drug-likeness (QED) is 0.560. The van der Waals surface area contributed by atoms with Crippen LogP contribution >= 0.6 is 11.3 Å². The topological polar surface area (TPSA) is 38.0 Å². The molecular weight excluding hydrogens is 252 g/mol. The maximum atomic E-state index is 5.72. The lowest BCUT2D eigenvalue weighted by Gasteiger charge is -2.16. The lowest BCUT2D eigenvalue weighted by Crippen LogP contribution is -2.29. The van der Waals surface area contributed by atoms with Crippen LogP contribution in [-0.2, 0) is 6.42 Å². The molecule has 0 spiro atoms. The van der Waals surface area contributed by atoms with Gasteiger partial charge in [0, 0.05) is 11.3 Å². The van der Waals surface area contributed by atoms with Gasteiger partial charge >= 0.3 is 0 Å². The molecule has 3 heteroatoms. The molecule has 2 nitrogen and oxygen atoms in total. The van der Waals surface area contributed by atoms with E-state index >= 15 is 0 Å². The van der Waals surface area contributed by atoms with E-state index in [0.717, 1.165) is 6.42 Å². The van der Waals surface area contributed by atoms with Crippen molar-refractivity contribution in [3.63, 3.8) is 0 Å². The van der Waals surface area contributed by atoms with E-state index < -0.39 is 0 Å². The molecule has 0 amide bonds. The van der Waals surface area contributed by atoms with Crippen LogP contribution in [0.5, 0.6) is 0 Å². The monoisotopic (exact) mass is 268 g/mol. The van der Waals surface area contributed by atoms with E-state index in [9.17, 15) is 0 Å². The number of nitrogens with one attached hydrogen (secondary N) is 1. The highest BCUT2D eigenvalue weighted by Crippen LogP contribution is 2.24. The van der Waals surface area contributed by atoms with E-state index in [0.29, 0.717) is 0 Å². The fourth-order valence-electron chi connectivity index (χ4n) is 2.33. The van der Waals surface area contributed by atoms with Crippen LogP contribution in [0.3, 0.4) is 0 Å². The Morgan fingerprint density at radius 2 is 1.84 bits per heavy atom. The van der Waals surface area contributed by atoms with Gasteiger partial charge in [0.25, 0.3) is 0 Å². The average molecular weight is 268 g/mol. The average Bonchev–Trinajstić information content (AvgIpc) is 2.97. The minimum atomic E-state index is 0.156. The molecule has 1 heterocycles. The first-order valence-electron chi connectivity index (χ1n) is 6.34. The minimum absolute atomic E-state index is 0.156.